The summed E-state index contributed by atoms with van der Waals surface area (Å²) in [7, 11) is 0. The maximum Gasteiger partial charge on any atom is 0.325 e. The monoisotopic (exact) mass is 227 g/mol. The summed E-state index contributed by atoms with van der Waals surface area (Å²) in [6.45, 7) is 5.68. The van der Waals surface area contributed by atoms with Crippen molar-refractivity contribution in [2.75, 3.05) is 0 Å². The van der Waals surface area contributed by atoms with Gasteiger partial charge in [0.2, 0.25) is 5.91 Å². The second-order valence-electron chi connectivity index (χ2n) is 5.27. The molecule has 0 radical (unpaired) electrons. The molecule has 16 heavy (non-hydrogen) atoms. The van der Waals surface area contributed by atoms with Crippen LogP contribution in [-0.2, 0) is 9.59 Å². The van der Waals surface area contributed by atoms with Crippen molar-refractivity contribution in [2.24, 2.45) is 11.3 Å². The Bertz CT molecular complexity index is 282. The smallest absolute Gasteiger partial charge is 0.325 e. The Balaban J connectivity index is 2.59. The van der Waals surface area contributed by atoms with Crippen molar-refractivity contribution in [1.82, 2.24) is 5.32 Å². The van der Waals surface area contributed by atoms with E-state index in [-0.39, 0.29) is 11.3 Å². The molecule has 1 fully saturated rings. The van der Waals surface area contributed by atoms with E-state index in [1.807, 2.05) is 0 Å². The van der Waals surface area contributed by atoms with Crippen LogP contribution in [0.1, 0.15) is 46.5 Å². The summed E-state index contributed by atoms with van der Waals surface area (Å²) in [5.41, 5.74) is -0.294. The second-order valence-corrected chi connectivity index (χ2v) is 5.27. The first-order valence-electron chi connectivity index (χ1n) is 5.91. The van der Waals surface area contributed by atoms with Crippen LogP contribution in [0, 0.1) is 11.3 Å². The summed E-state index contributed by atoms with van der Waals surface area (Å²) in [6.07, 6.45) is 3.71. The van der Waals surface area contributed by atoms with Crippen molar-refractivity contribution >= 4 is 11.9 Å². The van der Waals surface area contributed by atoms with Gasteiger partial charge in [0.15, 0.2) is 0 Å². The molecule has 1 unspecified atom stereocenters. The standard InChI is InChI=1S/C12H21NO3/c1-8(2)7-12(5-4-6-12)11(16)13-9(3)10(14)15/h8-9H,4-7H2,1-3H3,(H,13,16)(H,14,15). The van der Waals surface area contributed by atoms with Crippen molar-refractivity contribution in [3.63, 3.8) is 0 Å². The Kier molecular flexibility index (Phi) is 3.94. The number of amides is 1. The van der Waals surface area contributed by atoms with Crippen LogP contribution in [-0.4, -0.2) is 23.0 Å². The summed E-state index contributed by atoms with van der Waals surface area (Å²) in [5.74, 6) is -0.596. The van der Waals surface area contributed by atoms with E-state index in [0.717, 1.165) is 25.7 Å². The first-order valence-corrected chi connectivity index (χ1v) is 5.91. The largest absolute Gasteiger partial charge is 0.480 e. The molecule has 0 heterocycles. The van der Waals surface area contributed by atoms with Gasteiger partial charge in [-0.3, -0.25) is 9.59 Å². The quantitative estimate of drug-likeness (QED) is 0.752. The lowest BCUT2D eigenvalue weighted by molar-refractivity contribution is -0.146. The zero-order valence-electron chi connectivity index (χ0n) is 10.2. The topological polar surface area (TPSA) is 66.4 Å². The number of nitrogens with one attached hydrogen (secondary N) is 1. The number of carboxylic acids is 1. The number of aliphatic carboxylic acids is 1. The molecule has 1 aliphatic rings. The maximum atomic E-state index is 12.0. The highest BCUT2D eigenvalue weighted by atomic mass is 16.4. The summed E-state index contributed by atoms with van der Waals surface area (Å²) in [5, 5.41) is 11.3. The van der Waals surface area contributed by atoms with Gasteiger partial charge in [-0.15, -0.1) is 0 Å². The molecule has 0 aromatic rings. The molecule has 1 aliphatic carbocycles. The van der Waals surface area contributed by atoms with Gasteiger partial charge in [0.25, 0.3) is 0 Å². The van der Waals surface area contributed by atoms with Gasteiger partial charge in [0.05, 0.1) is 0 Å². The van der Waals surface area contributed by atoms with E-state index >= 15 is 0 Å². The van der Waals surface area contributed by atoms with E-state index < -0.39 is 12.0 Å². The van der Waals surface area contributed by atoms with Crippen LogP contribution < -0.4 is 5.32 Å². The molecule has 4 nitrogen and oxygen atoms in total. The first kappa shape index (κ1) is 13.0. The van der Waals surface area contributed by atoms with Crippen LogP contribution in [0.4, 0.5) is 0 Å². The zero-order chi connectivity index (χ0) is 12.3. The molecule has 4 heteroatoms. The van der Waals surface area contributed by atoms with Crippen LogP contribution in [0.2, 0.25) is 0 Å². The molecule has 0 bridgehead atoms. The minimum absolute atomic E-state index is 0.0812. The molecule has 0 aliphatic heterocycles. The number of rotatable bonds is 5. The van der Waals surface area contributed by atoms with Gasteiger partial charge in [-0.1, -0.05) is 20.3 Å². The Labute approximate surface area is 96.4 Å². The fraction of sp³-hybridized carbons (Fsp3) is 0.833. The molecule has 1 rings (SSSR count). The Hall–Kier alpha value is -1.06. The van der Waals surface area contributed by atoms with Gasteiger partial charge in [0.1, 0.15) is 6.04 Å². The summed E-state index contributed by atoms with van der Waals surface area (Å²) >= 11 is 0. The number of carboxylic acid groups (broad SMARTS) is 1. The Morgan fingerprint density at radius 1 is 1.31 bits per heavy atom. The average Bonchev–Trinajstić information content (AvgIpc) is 2.10. The van der Waals surface area contributed by atoms with Crippen LogP contribution in [0.15, 0.2) is 0 Å². The van der Waals surface area contributed by atoms with Crippen LogP contribution in [0.25, 0.3) is 0 Å². The lowest BCUT2D eigenvalue weighted by Crippen LogP contribution is -2.50. The third kappa shape index (κ3) is 2.74. The molecule has 1 atom stereocenters. The van der Waals surface area contributed by atoms with E-state index in [2.05, 4.69) is 19.2 Å². The zero-order valence-corrected chi connectivity index (χ0v) is 10.2. The molecular formula is C12H21NO3. The molecule has 0 saturated heterocycles. The maximum absolute atomic E-state index is 12.0. The summed E-state index contributed by atoms with van der Waals surface area (Å²) in [6, 6.07) is -0.794. The molecule has 0 aromatic carbocycles. The van der Waals surface area contributed by atoms with Crippen molar-refractivity contribution in [3.8, 4) is 0 Å². The number of carbonyl (C=O) groups excluding carboxylic acids is 1. The third-order valence-electron chi connectivity index (χ3n) is 3.31. The van der Waals surface area contributed by atoms with Crippen molar-refractivity contribution in [2.45, 2.75) is 52.5 Å². The highest BCUT2D eigenvalue weighted by Gasteiger charge is 2.44. The summed E-state index contributed by atoms with van der Waals surface area (Å²) in [4.78, 5) is 22.7. The fourth-order valence-corrected chi connectivity index (χ4v) is 2.32. The Morgan fingerprint density at radius 3 is 2.19 bits per heavy atom. The molecule has 0 spiro atoms. The SMILES string of the molecule is CC(C)CC1(C(=O)NC(C)C(=O)O)CCC1. The Morgan fingerprint density at radius 2 is 1.88 bits per heavy atom. The van der Waals surface area contributed by atoms with E-state index in [4.69, 9.17) is 5.11 Å². The lowest BCUT2D eigenvalue weighted by Gasteiger charge is -2.42. The molecule has 0 aromatic heterocycles. The second kappa shape index (κ2) is 4.85. The number of hydrogen-bond acceptors (Lipinski definition) is 2. The van der Waals surface area contributed by atoms with Crippen LogP contribution in [0.5, 0.6) is 0 Å². The van der Waals surface area contributed by atoms with Crippen LogP contribution in [0.3, 0.4) is 0 Å². The molecule has 1 amide bonds. The highest BCUT2D eigenvalue weighted by molar-refractivity contribution is 5.87. The minimum atomic E-state index is -0.979. The number of hydrogen-bond donors (Lipinski definition) is 2. The van der Waals surface area contributed by atoms with E-state index in [1.165, 1.54) is 6.92 Å². The van der Waals surface area contributed by atoms with Crippen molar-refractivity contribution < 1.29 is 14.7 Å². The molecular weight excluding hydrogens is 206 g/mol. The van der Waals surface area contributed by atoms with Crippen LogP contribution >= 0.6 is 0 Å². The normalized spacial score (nSPS) is 20.0. The first-order chi connectivity index (χ1) is 7.37. The minimum Gasteiger partial charge on any atom is -0.480 e. The average molecular weight is 227 g/mol. The number of carbonyl (C=O) groups is 2. The van der Waals surface area contributed by atoms with Gasteiger partial charge in [-0.05, 0) is 32.1 Å². The molecule has 1 saturated carbocycles. The van der Waals surface area contributed by atoms with Gasteiger partial charge < -0.3 is 10.4 Å². The van der Waals surface area contributed by atoms with Gasteiger partial charge in [-0.25, -0.2) is 0 Å². The van der Waals surface area contributed by atoms with Crippen molar-refractivity contribution in [3.05, 3.63) is 0 Å². The summed E-state index contributed by atoms with van der Waals surface area (Å²) < 4.78 is 0. The third-order valence-corrected chi connectivity index (χ3v) is 3.31. The molecule has 92 valence electrons. The predicted octanol–water partition coefficient (Wildman–Crippen LogP) is 1.79. The highest BCUT2D eigenvalue weighted by Crippen LogP contribution is 2.46. The van der Waals surface area contributed by atoms with E-state index in [1.54, 1.807) is 0 Å². The van der Waals surface area contributed by atoms with E-state index in [9.17, 15) is 9.59 Å². The van der Waals surface area contributed by atoms with Gasteiger partial charge >= 0.3 is 5.97 Å². The van der Waals surface area contributed by atoms with Crippen molar-refractivity contribution in [1.29, 1.82) is 0 Å². The lowest BCUT2D eigenvalue weighted by atomic mass is 9.64. The van der Waals surface area contributed by atoms with Gasteiger partial charge in [-0.2, -0.15) is 0 Å². The van der Waals surface area contributed by atoms with Gasteiger partial charge in [0, 0.05) is 5.41 Å². The fourth-order valence-electron chi connectivity index (χ4n) is 2.32. The predicted molar refractivity (Wildman–Crippen MR) is 61.0 cm³/mol. The van der Waals surface area contributed by atoms with E-state index in [0.29, 0.717) is 5.92 Å². The molecule has 2 N–H and O–H groups in total.